The fourth-order valence-electron chi connectivity index (χ4n) is 3.47. The molecular formula is C21H28ClNO. The van der Waals surface area contributed by atoms with Crippen molar-refractivity contribution in [2.45, 2.75) is 44.6 Å². The summed E-state index contributed by atoms with van der Waals surface area (Å²) in [6.45, 7) is 5.26. The van der Waals surface area contributed by atoms with Crippen LogP contribution in [0.2, 0.25) is 0 Å². The lowest BCUT2D eigenvalue weighted by Gasteiger charge is -2.26. The Labute approximate surface area is 151 Å². The summed E-state index contributed by atoms with van der Waals surface area (Å²) in [6, 6.07) is 19.5. The van der Waals surface area contributed by atoms with E-state index >= 15 is 0 Å². The number of ether oxygens (including phenoxy) is 1. The number of halogens is 1. The number of rotatable bonds is 5. The van der Waals surface area contributed by atoms with Crippen molar-refractivity contribution in [3.63, 3.8) is 0 Å². The highest BCUT2D eigenvalue weighted by atomic mass is 35.5. The van der Waals surface area contributed by atoms with Gasteiger partial charge in [-0.1, -0.05) is 62.7 Å². The first-order valence-electron chi connectivity index (χ1n) is 8.62. The minimum Gasteiger partial charge on any atom is -0.493 e. The lowest BCUT2D eigenvalue weighted by molar-refractivity contribution is 0.239. The zero-order chi connectivity index (χ0) is 16.3. The van der Waals surface area contributed by atoms with E-state index in [4.69, 9.17) is 10.5 Å². The van der Waals surface area contributed by atoms with Gasteiger partial charge in [-0.05, 0) is 36.1 Å². The molecule has 3 rings (SSSR count). The summed E-state index contributed by atoms with van der Waals surface area (Å²) in [6.07, 6.45) is 3.57. The van der Waals surface area contributed by atoms with Gasteiger partial charge in [0.1, 0.15) is 5.75 Å². The van der Waals surface area contributed by atoms with E-state index in [0.717, 1.165) is 18.8 Å². The molecule has 1 aliphatic carbocycles. The molecule has 0 amide bonds. The molecule has 2 N–H and O–H groups in total. The Hall–Kier alpha value is -1.51. The Balaban J connectivity index is 0.00000208. The van der Waals surface area contributed by atoms with Crippen LogP contribution in [0.5, 0.6) is 5.75 Å². The Bertz CT molecular complexity index is 624. The molecule has 0 heterocycles. The number of hydrogen-bond acceptors (Lipinski definition) is 2. The Morgan fingerprint density at radius 3 is 2.17 bits per heavy atom. The van der Waals surface area contributed by atoms with Crippen molar-refractivity contribution in [1.29, 1.82) is 0 Å². The van der Waals surface area contributed by atoms with Crippen LogP contribution in [0, 0.1) is 5.92 Å². The van der Waals surface area contributed by atoms with Crippen LogP contribution in [0.3, 0.4) is 0 Å². The Morgan fingerprint density at radius 2 is 1.58 bits per heavy atom. The molecule has 1 fully saturated rings. The van der Waals surface area contributed by atoms with Crippen molar-refractivity contribution in [3.05, 3.63) is 65.7 Å². The van der Waals surface area contributed by atoms with Crippen molar-refractivity contribution in [3.8, 4) is 5.75 Å². The predicted molar refractivity (Wildman–Crippen MR) is 103 cm³/mol. The zero-order valence-corrected chi connectivity index (χ0v) is 15.4. The van der Waals surface area contributed by atoms with Gasteiger partial charge in [0.15, 0.2) is 0 Å². The van der Waals surface area contributed by atoms with Gasteiger partial charge in [0, 0.05) is 17.4 Å². The maximum atomic E-state index is 6.11. The van der Waals surface area contributed by atoms with Gasteiger partial charge < -0.3 is 10.5 Å². The molecule has 0 radical (unpaired) electrons. The molecule has 1 saturated carbocycles. The normalized spacial score (nSPS) is 20.5. The fourth-order valence-corrected chi connectivity index (χ4v) is 3.47. The summed E-state index contributed by atoms with van der Waals surface area (Å²) in [5, 5.41) is 0. The quantitative estimate of drug-likeness (QED) is 0.832. The Morgan fingerprint density at radius 1 is 0.958 bits per heavy atom. The van der Waals surface area contributed by atoms with Gasteiger partial charge in [-0.15, -0.1) is 12.4 Å². The second-order valence-electron chi connectivity index (χ2n) is 7.18. The molecule has 2 aromatic rings. The summed E-state index contributed by atoms with van der Waals surface area (Å²) >= 11 is 0. The maximum Gasteiger partial charge on any atom is 0.119 e. The molecule has 2 nitrogen and oxygen atoms in total. The van der Waals surface area contributed by atoms with Crippen LogP contribution in [-0.4, -0.2) is 12.6 Å². The summed E-state index contributed by atoms with van der Waals surface area (Å²) < 4.78 is 5.95. The Kier molecular flexibility index (Phi) is 6.31. The third-order valence-electron chi connectivity index (χ3n) is 5.25. The second kappa shape index (κ2) is 8.04. The molecule has 2 aromatic carbocycles. The lowest BCUT2D eigenvalue weighted by Crippen LogP contribution is -2.28. The molecule has 0 unspecified atom stereocenters. The van der Waals surface area contributed by atoms with Crippen LogP contribution in [0.1, 0.15) is 44.2 Å². The fraction of sp³-hybridized carbons (Fsp3) is 0.429. The highest BCUT2D eigenvalue weighted by molar-refractivity contribution is 5.85. The maximum absolute atomic E-state index is 6.11. The van der Waals surface area contributed by atoms with Crippen LogP contribution in [0.15, 0.2) is 54.6 Å². The van der Waals surface area contributed by atoms with E-state index < -0.39 is 0 Å². The average molecular weight is 346 g/mol. The SMILES string of the molecule is CC(C)(c1ccccc1)c1ccc(OC[C@H]2CCC[C@H]2N)cc1.Cl. The number of benzene rings is 2. The van der Waals surface area contributed by atoms with Gasteiger partial charge in [-0.3, -0.25) is 0 Å². The van der Waals surface area contributed by atoms with Crippen molar-refractivity contribution in [1.82, 2.24) is 0 Å². The molecule has 1 aliphatic rings. The molecule has 0 saturated heterocycles. The van der Waals surface area contributed by atoms with Crippen molar-refractivity contribution < 1.29 is 4.74 Å². The number of hydrogen-bond donors (Lipinski definition) is 1. The van der Waals surface area contributed by atoms with Gasteiger partial charge >= 0.3 is 0 Å². The van der Waals surface area contributed by atoms with Crippen LogP contribution >= 0.6 is 12.4 Å². The minimum absolute atomic E-state index is 0. The standard InChI is InChI=1S/C21H27NO.ClH/c1-21(2,17-8-4-3-5-9-17)18-11-13-19(14-12-18)23-15-16-7-6-10-20(16)22;/h3-5,8-9,11-14,16,20H,6-7,10,15,22H2,1-2H3;1H/t16-,20-;/m1./s1. The monoisotopic (exact) mass is 345 g/mol. The van der Waals surface area contributed by atoms with Gasteiger partial charge in [0.05, 0.1) is 6.61 Å². The molecule has 24 heavy (non-hydrogen) atoms. The number of nitrogens with two attached hydrogens (primary N) is 1. The second-order valence-corrected chi connectivity index (χ2v) is 7.18. The molecule has 2 atom stereocenters. The largest absolute Gasteiger partial charge is 0.493 e. The summed E-state index contributed by atoms with van der Waals surface area (Å²) in [7, 11) is 0. The van der Waals surface area contributed by atoms with Gasteiger partial charge in [0.2, 0.25) is 0 Å². The smallest absolute Gasteiger partial charge is 0.119 e. The van der Waals surface area contributed by atoms with E-state index in [1.165, 1.54) is 24.0 Å². The van der Waals surface area contributed by atoms with Gasteiger partial charge in [0.25, 0.3) is 0 Å². The van der Waals surface area contributed by atoms with E-state index in [2.05, 4.69) is 68.4 Å². The first-order chi connectivity index (χ1) is 11.1. The predicted octanol–water partition coefficient (Wildman–Crippen LogP) is 4.94. The van der Waals surface area contributed by atoms with E-state index in [1.807, 2.05) is 0 Å². The molecule has 0 aliphatic heterocycles. The van der Waals surface area contributed by atoms with Crippen LogP contribution < -0.4 is 10.5 Å². The first-order valence-corrected chi connectivity index (χ1v) is 8.62. The van der Waals surface area contributed by atoms with E-state index in [9.17, 15) is 0 Å². The highest BCUT2D eigenvalue weighted by Crippen LogP contribution is 2.32. The topological polar surface area (TPSA) is 35.2 Å². The van der Waals surface area contributed by atoms with Gasteiger partial charge in [-0.25, -0.2) is 0 Å². The zero-order valence-electron chi connectivity index (χ0n) is 14.6. The lowest BCUT2D eigenvalue weighted by atomic mass is 9.78. The summed E-state index contributed by atoms with van der Waals surface area (Å²) in [5.74, 6) is 1.45. The third-order valence-corrected chi connectivity index (χ3v) is 5.25. The van der Waals surface area contributed by atoms with E-state index in [-0.39, 0.29) is 17.8 Å². The summed E-state index contributed by atoms with van der Waals surface area (Å²) in [4.78, 5) is 0. The van der Waals surface area contributed by atoms with Crippen LogP contribution in [0.4, 0.5) is 0 Å². The molecule has 0 aromatic heterocycles. The molecule has 3 heteroatoms. The van der Waals surface area contributed by atoms with Gasteiger partial charge in [-0.2, -0.15) is 0 Å². The van der Waals surface area contributed by atoms with Crippen LogP contribution in [-0.2, 0) is 5.41 Å². The molecule has 130 valence electrons. The minimum atomic E-state index is -0.00635. The van der Waals surface area contributed by atoms with Crippen molar-refractivity contribution in [2.24, 2.45) is 11.7 Å². The highest BCUT2D eigenvalue weighted by Gasteiger charge is 2.25. The average Bonchev–Trinajstić information content (AvgIpc) is 2.99. The van der Waals surface area contributed by atoms with Crippen molar-refractivity contribution in [2.75, 3.05) is 6.61 Å². The van der Waals surface area contributed by atoms with Crippen molar-refractivity contribution >= 4 is 12.4 Å². The van der Waals surface area contributed by atoms with Crippen LogP contribution in [0.25, 0.3) is 0 Å². The third kappa shape index (κ3) is 4.12. The summed E-state index contributed by atoms with van der Waals surface area (Å²) in [5.41, 5.74) is 8.73. The molecule has 0 bridgehead atoms. The molecule has 0 spiro atoms. The van der Waals surface area contributed by atoms with E-state index in [0.29, 0.717) is 12.0 Å². The van der Waals surface area contributed by atoms with E-state index in [1.54, 1.807) is 0 Å². The molecular weight excluding hydrogens is 318 g/mol. The first kappa shape index (κ1) is 18.8.